The van der Waals surface area contributed by atoms with Crippen molar-refractivity contribution >= 4 is 10.1 Å². The molecular formula is C15H24O3S. The molecule has 0 aliphatic heterocycles. The minimum atomic E-state index is -3.81. The van der Waals surface area contributed by atoms with Gasteiger partial charge >= 0.3 is 0 Å². The Morgan fingerprint density at radius 2 is 1.68 bits per heavy atom. The zero-order valence-corrected chi connectivity index (χ0v) is 12.8. The molecule has 1 aromatic rings. The average molecular weight is 284 g/mol. The van der Waals surface area contributed by atoms with Crippen LogP contribution in [0.5, 0.6) is 0 Å². The van der Waals surface area contributed by atoms with Gasteiger partial charge in [0.25, 0.3) is 10.1 Å². The Morgan fingerprint density at radius 1 is 1.11 bits per heavy atom. The minimum Gasteiger partial charge on any atom is -0.286 e. The highest BCUT2D eigenvalue weighted by Gasteiger charge is 2.17. The lowest BCUT2D eigenvalue weighted by Crippen LogP contribution is -2.15. The van der Waals surface area contributed by atoms with Crippen LogP contribution < -0.4 is 0 Å². The van der Waals surface area contributed by atoms with Crippen LogP contribution in [-0.2, 0) is 22.0 Å². The van der Waals surface area contributed by atoms with Crippen molar-refractivity contribution in [3.05, 3.63) is 35.4 Å². The fourth-order valence-corrected chi connectivity index (χ4v) is 2.51. The SMILES string of the molecule is CCC(C)(C)c1ccc(CCCCS(=O)(=O)O)cc1. The minimum absolute atomic E-state index is 0.145. The van der Waals surface area contributed by atoms with E-state index < -0.39 is 10.1 Å². The Labute approximate surface area is 116 Å². The van der Waals surface area contributed by atoms with Gasteiger partial charge in [0, 0.05) is 0 Å². The van der Waals surface area contributed by atoms with E-state index in [2.05, 4.69) is 45.0 Å². The van der Waals surface area contributed by atoms with Gasteiger partial charge in [-0.2, -0.15) is 8.42 Å². The Bertz CT molecular complexity index is 487. The molecule has 3 nitrogen and oxygen atoms in total. The highest BCUT2D eigenvalue weighted by molar-refractivity contribution is 7.85. The molecule has 1 rings (SSSR count). The number of benzene rings is 1. The van der Waals surface area contributed by atoms with Crippen molar-refractivity contribution < 1.29 is 13.0 Å². The second-order valence-corrected chi connectivity index (χ2v) is 7.25. The Balaban J connectivity index is 2.49. The molecule has 0 aromatic heterocycles. The summed E-state index contributed by atoms with van der Waals surface area (Å²) in [5.74, 6) is -0.145. The van der Waals surface area contributed by atoms with E-state index >= 15 is 0 Å². The lowest BCUT2D eigenvalue weighted by Gasteiger charge is -2.23. The largest absolute Gasteiger partial charge is 0.286 e. The number of rotatable bonds is 7. The zero-order valence-electron chi connectivity index (χ0n) is 12.0. The van der Waals surface area contributed by atoms with Crippen LogP contribution in [0.4, 0.5) is 0 Å². The van der Waals surface area contributed by atoms with Gasteiger partial charge in [-0.15, -0.1) is 0 Å². The van der Waals surface area contributed by atoms with E-state index in [0.717, 1.165) is 19.3 Å². The predicted molar refractivity (Wildman–Crippen MR) is 79.1 cm³/mol. The molecule has 0 unspecified atom stereocenters. The molecule has 0 atom stereocenters. The maximum Gasteiger partial charge on any atom is 0.264 e. The number of hydrogen-bond donors (Lipinski definition) is 1. The van der Waals surface area contributed by atoms with Gasteiger partial charge in [-0.3, -0.25) is 4.55 Å². The third kappa shape index (κ3) is 5.74. The standard InChI is InChI=1S/C15H24O3S/c1-4-15(2,3)14-10-8-13(9-11-14)7-5-6-12-19(16,17)18/h8-11H,4-7,12H2,1-3H3,(H,16,17,18). The van der Waals surface area contributed by atoms with Gasteiger partial charge in [0.05, 0.1) is 5.75 Å². The van der Waals surface area contributed by atoms with E-state index in [9.17, 15) is 8.42 Å². The molecule has 0 aliphatic rings. The molecule has 0 heterocycles. The maximum atomic E-state index is 10.6. The van der Waals surface area contributed by atoms with Gasteiger partial charge in [-0.05, 0) is 42.2 Å². The molecule has 0 bridgehead atoms. The second kappa shape index (κ2) is 6.53. The van der Waals surface area contributed by atoms with Crippen molar-refractivity contribution in [2.24, 2.45) is 0 Å². The van der Waals surface area contributed by atoms with E-state index in [-0.39, 0.29) is 11.2 Å². The monoisotopic (exact) mass is 284 g/mol. The van der Waals surface area contributed by atoms with Gasteiger partial charge < -0.3 is 0 Å². The van der Waals surface area contributed by atoms with Crippen LogP contribution in [-0.4, -0.2) is 18.7 Å². The first kappa shape index (κ1) is 16.2. The van der Waals surface area contributed by atoms with Gasteiger partial charge in [0.15, 0.2) is 0 Å². The average Bonchev–Trinajstić information content (AvgIpc) is 2.34. The number of hydrogen-bond acceptors (Lipinski definition) is 2. The third-order valence-corrected chi connectivity index (χ3v) is 4.54. The van der Waals surface area contributed by atoms with Crippen LogP contribution in [0.1, 0.15) is 51.2 Å². The molecule has 1 aromatic carbocycles. The van der Waals surface area contributed by atoms with Crippen molar-refractivity contribution in [1.29, 1.82) is 0 Å². The lowest BCUT2D eigenvalue weighted by atomic mass is 9.82. The summed E-state index contributed by atoms with van der Waals surface area (Å²) in [7, 11) is -3.81. The normalized spacial score (nSPS) is 12.6. The Kier molecular flexibility index (Phi) is 5.56. The topological polar surface area (TPSA) is 54.4 Å². The summed E-state index contributed by atoms with van der Waals surface area (Å²) in [6.07, 6.45) is 3.22. The third-order valence-electron chi connectivity index (χ3n) is 3.74. The quantitative estimate of drug-likeness (QED) is 0.615. The van der Waals surface area contributed by atoms with Crippen molar-refractivity contribution in [1.82, 2.24) is 0 Å². The molecule has 0 spiro atoms. The summed E-state index contributed by atoms with van der Waals surface area (Å²) >= 11 is 0. The van der Waals surface area contributed by atoms with E-state index in [1.165, 1.54) is 11.1 Å². The molecule has 19 heavy (non-hydrogen) atoms. The molecule has 108 valence electrons. The fourth-order valence-electron chi connectivity index (χ4n) is 1.94. The van der Waals surface area contributed by atoms with Crippen molar-refractivity contribution in [2.75, 3.05) is 5.75 Å². The molecule has 1 N–H and O–H groups in total. The first-order valence-electron chi connectivity index (χ1n) is 6.79. The van der Waals surface area contributed by atoms with Gasteiger partial charge in [0.1, 0.15) is 0 Å². The van der Waals surface area contributed by atoms with E-state index in [1.807, 2.05) is 0 Å². The summed E-state index contributed by atoms with van der Waals surface area (Å²) in [5, 5.41) is 0. The van der Waals surface area contributed by atoms with Crippen LogP contribution in [0.2, 0.25) is 0 Å². The molecule has 0 radical (unpaired) electrons. The van der Waals surface area contributed by atoms with Crippen LogP contribution in [0, 0.1) is 0 Å². The van der Waals surface area contributed by atoms with Gasteiger partial charge in [0.2, 0.25) is 0 Å². The highest BCUT2D eigenvalue weighted by atomic mass is 32.2. The summed E-state index contributed by atoms with van der Waals surface area (Å²) < 4.78 is 29.8. The second-order valence-electron chi connectivity index (χ2n) is 5.68. The molecule has 0 amide bonds. The van der Waals surface area contributed by atoms with E-state index in [4.69, 9.17) is 4.55 Å². The lowest BCUT2D eigenvalue weighted by molar-refractivity contribution is 0.480. The predicted octanol–water partition coefficient (Wildman–Crippen LogP) is 3.58. The van der Waals surface area contributed by atoms with Crippen LogP contribution >= 0.6 is 0 Å². The zero-order chi connectivity index (χ0) is 14.5. The molecule has 0 aliphatic carbocycles. The molecule has 0 saturated carbocycles. The molecule has 0 fully saturated rings. The summed E-state index contributed by atoms with van der Waals surface area (Å²) in [6, 6.07) is 8.53. The smallest absolute Gasteiger partial charge is 0.264 e. The van der Waals surface area contributed by atoms with Crippen LogP contribution in [0.3, 0.4) is 0 Å². The first-order valence-corrected chi connectivity index (χ1v) is 8.40. The molecule has 4 heteroatoms. The summed E-state index contributed by atoms with van der Waals surface area (Å²) in [5.41, 5.74) is 2.74. The fraction of sp³-hybridized carbons (Fsp3) is 0.600. The van der Waals surface area contributed by atoms with Crippen molar-refractivity contribution in [3.8, 4) is 0 Å². The Hall–Kier alpha value is -0.870. The van der Waals surface area contributed by atoms with Gasteiger partial charge in [-0.25, -0.2) is 0 Å². The first-order chi connectivity index (χ1) is 8.74. The van der Waals surface area contributed by atoms with Gasteiger partial charge in [-0.1, -0.05) is 45.0 Å². The Morgan fingerprint density at radius 3 is 2.16 bits per heavy atom. The molecule has 0 saturated heterocycles. The van der Waals surface area contributed by atoms with E-state index in [0.29, 0.717) is 6.42 Å². The van der Waals surface area contributed by atoms with E-state index in [1.54, 1.807) is 0 Å². The van der Waals surface area contributed by atoms with Crippen LogP contribution in [0.25, 0.3) is 0 Å². The maximum absolute atomic E-state index is 10.6. The van der Waals surface area contributed by atoms with Crippen molar-refractivity contribution in [2.45, 2.75) is 51.9 Å². The number of unbranched alkanes of at least 4 members (excludes halogenated alkanes) is 1. The number of aryl methyl sites for hydroxylation is 1. The summed E-state index contributed by atoms with van der Waals surface area (Å²) in [6.45, 7) is 6.64. The highest BCUT2D eigenvalue weighted by Crippen LogP contribution is 2.26. The summed E-state index contributed by atoms with van der Waals surface area (Å²) in [4.78, 5) is 0. The molecular weight excluding hydrogens is 260 g/mol. The van der Waals surface area contributed by atoms with Crippen LogP contribution in [0.15, 0.2) is 24.3 Å². The van der Waals surface area contributed by atoms with Crippen molar-refractivity contribution in [3.63, 3.8) is 0 Å².